The number of aryl methyl sites for hydroxylation is 5. The molecule has 0 amide bonds. The summed E-state index contributed by atoms with van der Waals surface area (Å²) in [6.45, 7) is 15.2. The molecule has 41 heavy (non-hydrogen) atoms. The maximum absolute atomic E-state index is 5.18. The van der Waals surface area contributed by atoms with Gasteiger partial charge in [-0.1, -0.05) is 89.8 Å². The van der Waals surface area contributed by atoms with Gasteiger partial charge in [0.2, 0.25) is 0 Å². The maximum Gasteiger partial charge on any atom is 3.00 e. The van der Waals surface area contributed by atoms with Crippen LogP contribution in [0.3, 0.4) is 0 Å². The molecule has 0 saturated heterocycles. The summed E-state index contributed by atoms with van der Waals surface area (Å²) >= 11 is 0. The predicted molar refractivity (Wildman–Crippen MR) is 162 cm³/mol. The molecule has 222 valence electrons. The number of para-hydroxylation sites is 2. The molecule has 0 aliphatic carbocycles. The van der Waals surface area contributed by atoms with Crippen molar-refractivity contribution in [3.8, 4) is 0 Å². The van der Waals surface area contributed by atoms with Crippen LogP contribution in [0.1, 0.15) is 106 Å². The molecule has 0 aliphatic rings. The van der Waals surface area contributed by atoms with E-state index in [1.54, 1.807) is 0 Å². The van der Waals surface area contributed by atoms with Gasteiger partial charge in [-0.2, -0.15) is 0 Å². The van der Waals surface area contributed by atoms with E-state index in [1.165, 1.54) is 27.8 Å². The van der Waals surface area contributed by atoms with Gasteiger partial charge in [0.15, 0.2) is 0 Å². The van der Waals surface area contributed by atoms with E-state index in [2.05, 4.69) is 97.0 Å². The minimum atomic E-state index is 0. The Morgan fingerprint density at radius 3 is 1.15 bits per heavy atom. The van der Waals surface area contributed by atoms with Crippen molar-refractivity contribution in [1.82, 2.24) is 4.98 Å². The molecule has 3 aromatic rings. The van der Waals surface area contributed by atoms with E-state index < -0.39 is 0 Å². The minimum Gasteiger partial charge on any atom is -1.00 e. The smallest absolute Gasteiger partial charge is 1.00 e. The van der Waals surface area contributed by atoms with Crippen LogP contribution < -0.4 is 37.2 Å². The van der Waals surface area contributed by atoms with Crippen LogP contribution in [0.4, 0.5) is 11.4 Å². The SMILES string of the molecule is CCCc1cccc(CCC)c1N=C(C)c1cc(C)cc(C(C)=Nc2c(CCC)cccc2CCC)n1.[Cl-].[Cl-].[Cl-].[V+3]. The molecule has 3 nitrogen and oxygen atoms in total. The van der Waals surface area contributed by atoms with E-state index in [4.69, 9.17) is 15.0 Å². The molecule has 0 unspecified atom stereocenters. The molecule has 0 bridgehead atoms. The van der Waals surface area contributed by atoms with Gasteiger partial charge in [0.05, 0.1) is 34.2 Å². The number of nitrogens with zero attached hydrogens (tertiary/aromatic N) is 3. The summed E-state index contributed by atoms with van der Waals surface area (Å²) in [6.07, 6.45) is 8.60. The van der Waals surface area contributed by atoms with E-state index in [1.807, 2.05) is 0 Å². The average Bonchev–Trinajstić information content (AvgIpc) is 2.87. The average molecular weight is 653 g/mol. The van der Waals surface area contributed by atoms with Gasteiger partial charge in [0, 0.05) is 0 Å². The van der Waals surface area contributed by atoms with Crippen LogP contribution in [0, 0.1) is 6.92 Å². The Labute approximate surface area is 279 Å². The normalized spacial score (nSPS) is 11.1. The van der Waals surface area contributed by atoms with E-state index in [9.17, 15) is 0 Å². The summed E-state index contributed by atoms with van der Waals surface area (Å²) in [4.78, 5) is 15.4. The van der Waals surface area contributed by atoms with E-state index in [0.29, 0.717) is 0 Å². The van der Waals surface area contributed by atoms with Crippen LogP contribution >= 0.6 is 0 Å². The first-order valence-corrected chi connectivity index (χ1v) is 14.2. The van der Waals surface area contributed by atoms with Crippen molar-refractivity contribution in [1.29, 1.82) is 0 Å². The third kappa shape index (κ3) is 11.5. The van der Waals surface area contributed by atoms with Crippen molar-refractivity contribution in [3.05, 3.63) is 87.7 Å². The number of rotatable bonds is 12. The second-order valence-corrected chi connectivity index (χ2v) is 10.2. The molecule has 0 aliphatic heterocycles. The third-order valence-electron chi connectivity index (χ3n) is 6.75. The predicted octanol–water partition coefficient (Wildman–Crippen LogP) is 0.491. The van der Waals surface area contributed by atoms with Gasteiger partial charge in [0.1, 0.15) is 0 Å². The van der Waals surface area contributed by atoms with Crippen molar-refractivity contribution < 1.29 is 55.8 Å². The van der Waals surface area contributed by atoms with Gasteiger partial charge < -0.3 is 37.2 Å². The zero-order chi connectivity index (χ0) is 26.8. The Morgan fingerprint density at radius 1 is 0.585 bits per heavy atom. The van der Waals surface area contributed by atoms with Crippen molar-refractivity contribution in [2.75, 3.05) is 0 Å². The van der Waals surface area contributed by atoms with Crippen LogP contribution in [0.5, 0.6) is 0 Å². The van der Waals surface area contributed by atoms with E-state index in [0.717, 1.165) is 85.6 Å². The fourth-order valence-electron chi connectivity index (χ4n) is 4.95. The fourth-order valence-corrected chi connectivity index (χ4v) is 4.95. The third-order valence-corrected chi connectivity index (χ3v) is 6.75. The topological polar surface area (TPSA) is 37.6 Å². The molecule has 0 N–H and O–H groups in total. The number of halogens is 3. The summed E-state index contributed by atoms with van der Waals surface area (Å²) in [5.41, 5.74) is 12.5. The molecular formula is C34H45Cl3N3V. The molecule has 7 heteroatoms. The Hall–Kier alpha value is -1.62. The number of benzene rings is 2. The van der Waals surface area contributed by atoms with Crippen LogP contribution in [0.2, 0.25) is 0 Å². The van der Waals surface area contributed by atoms with Crippen LogP contribution in [-0.4, -0.2) is 16.4 Å². The van der Waals surface area contributed by atoms with Crippen molar-refractivity contribution >= 4 is 22.8 Å². The monoisotopic (exact) mass is 651 g/mol. The summed E-state index contributed by atoms with van der Waals surface area (Å²) < 4.78 is 0. The maximum atomic E-state index is 5.18. The van der Waals surface area contributed by atoms with Crippen molar-refractivity contribution in [2.45, 2.75) is 99.8 Å². The quantitative estimate of drug-likeness (QED) is 0.263. The fraction of sp³-hybridized carbons (Fsp3) is 0.441. The first-order chi connectivity index (χ1) is 17.9. The Bertz CT molecular complexity index is 1130. The molecule has 0 saturated carbocycles. The summed E-state index contributed by atoms with van der Waals surface area (Å²) in [5, 5.41) is 0. The molecule has 1 aromatic heterocycles. The Morgan fingerprint density at radius 2 is 0.878 bits per heavy atom. The molecule has 0 fully saturated rings. The molecule has 1 heterocycles. The van der Waals surface area contributed by atoms with Gasteiger partial charge in [0.25, 0.3) is 0 Å². The van der Waals surface area contributed by atoms with Gasteiger partial charge in [-0.25, -0.2) is 4.98 Å². The van der Waals surface area contributed by atoms with Crippen LogP contribution in [0.15, 0.2) is 58.5 Å². The standard InChI is InChI=1S/C34H45N3.3ClH.V/c1-8-14-27-18-12-19-28(15-9-2)33(27)35-25(6)31-22-24(5)23-32(37-31)26(7)36-34-29(16-10-3)20-13-21-30(34)17-11-4;;;;/h12-13,18-23H,8-11,14-17H2,1-7H3;3*1H;/q;;;;+3/p-3. The largest absolute Gasteiger partial charge is 3.00 e. The number of hydrogen-bond acceptors (Lipinski definition) is 3. The Kier molecular flexibility index (Phi) is 21.4. The molecule has 0 spiro atoms. The van der Waals surface area contributed by atoms with Crippen LogP contribution in [0.25, 0.3) is 0 Å². The summed E-state index contributed by atoms with van der Waals surface area (Å²) in [5.74, 6) is 0. The molecular weight excluding hydrogens is 608 g/mol. The minimum absolute atomic E-state index is 0. The zero-order valence-corrected chi connectivity index (χ0v) is 29.4. The Balaban J connectivity index is 0. The summed E-state index contributed by atoms with van der Waals surface area (Å²) in [7, 11) is 0. The first-order valence-electron chi connectivity index (χ1n) is 14.2. The van der Waals surface area contributed by atoms with Crippen LogP contribution in [-0.2, 0) is 44.2 Å². The first kappa shape index (κ1) is 41.5. The molecule has 0 radical (unpaired) electrons. The van der Waals surface area contributed by atoms with Crippen molar-refractivity contribution in [2.24, 2.45) is 9.98 Å². The van der Waals surface area contributed by atoms with Gasteiger partial charge in [-0.15, -0.1) is 0 Å². The van der Waals surface area contributed by atoms with Gasteiger partial charge in [-0.3, -0.25) is 9.98 Å². The zero-order valence-electron chi connectivity index (χ0n) is 25.7. The number of hydrogen-bond donors (Lipinski definition) is 0. The van der Waals surface area contributed by atoms with Crippen molar-refractivity contribution in [3.63, 3.8) is 0 Å². The molecule has 2 aromatic carbocycles. The molecule has 0 atom stereocenters. The van der Waals surface area contributed by atoms with Gasteiger partial charge in [-0.05, 0) is 86.4 Å². The van der Waals surface area contributed by atoms with E-state index in [-0.39, 0.29) is 55.8 Å². The molecule has 3 rings (SSSR count). The second kappa shape index (κ2) is 21.1. The second-order valence-electron chi connectivity index (χ2n) is 10.2. The van der Waals surface area contributed by atoms with Gasteiger partial charge >= 0.3 is 18.6 Å². The summed E-state index contributed by atoms with van der Waals surface area (Å²) in [6, 6.07) is 17.5. The number of pyridine rings is 1. The van der Waals surface area contributed by atoms with E-state index >= 15 is 0 Å². The number of aromatic nitrogens is 1. The number of aliphatic imine (C=N–C) groups is 2.